The summed E-state index contributed by atoms with van der Waals surface area (Å²) < 4.78 is 5.33. The number of nitrogens with one attached hydrogen (secondary N) is 2. The van der Waals surface area contributed by atoms with E-state index in [4.69, 9.17) is 11.2 Å². The molecule has 3 amide bonds. The molecule has 0 saturated heterocycles. The number of rotatable bonds is 13. The topological polar surface area (TPSA) is 87.7 Å². The van der Waals surface area contributed by atoms with Crippen LogP contribution in [0.4, 0.5) is 4.79 Å². The zero-order valence-electron chi connectivity index (χ0n) is 23.1. The van der Waals surface area contributed by atoms with E-state index >= 15 is 0 Å². The number of hydrogen-bond acceptors (Lipinski definition) is 4. The molecule has 0 saturated carbocycles. The van der Waals surface area contributed by atoms with E-state index in [2.05, 4.69) is 23.5 Å². The van der Waals surface area contributed by atoms with Crippen molar-refractivity contribution in [3.8, 4) is 12.3 Å². The second-order valence-electron chi connectivity index (χ2n) is 10.5. The number of carbonyl (C=O) groups is 3. The molecule has 0 heterocycles. The van der Waals surface area contributed by atoms with Gasteiger partial charge in [0.05, 0.1) is 0 Å². The van der Waals surface area contributed by atoms with Crippen molar-refractivity contribution in [2.75, 3.05) is 6.54 Å². The standard InChI is InChI=1S/C29H45N3O4/c1-9-11-12-13-14-17-20-32(27(34)22(5)31-28(35)36-29(6,7)8)25(26(33)30-21(3)4)24-19-16-15-18-23(24)10-2/h2,15-16,18-19,21-22,25H,9,11-14,17,20H2,1,3-8H3,(H,30,33)(H,31,35). The lowest BCUT2D eigenvalue weighted by molar-refractivity contribution is -0.142. The van der Waals surface area contributed by atoms with E-state index in [0.29, 0.717) is 17.7 Å². The van der Waals surface area contributed by atoms with E-state index in [9.17, 15) is 14.4 Å². The van der Waals surface area contributed by atoms with Crippen LogP contribution in [0, 0.1) is 12.3 Å². The Labute approximate surface area is 217 Å². The summed E-state index contributed by atoms with van der Waals surface area (Å²) in [5.41, 5.74) is 0.438. The van der Waals surface area contributed by atoms with Crippen LogP contribution >= 0.6 is 0 Å². The molecule has 1 aromatic rings. The molecular weight excluding hydrogens is 454 g/mol. The molecule has 0 aliphatic rings. The summed E-state index contributed by atoms with van der Waals surface area (Å²) in [6, 6.07) is 5.22. The Hall–Kier alpha value is -3.01. The van der Waals surface area contributed by atoms with Crippen LogP contribution in [-0.4, -0.2) is 47.0 Å². The molecule has 2 N–H and O–H groups in total. The van der Waals surface area contributed by atoms with Gasteiger partial charge in [-0.05, 0) is 59.6 Å². The molecule has 7 heteroatoms. The van der Waals surface area contributed by atoms with E-state index in [1.165, 1.54) is 6.42 Å². The fourth-order valence-corrected chi connectivity index (χ4v) is 3.90. The second-order valence-corrected chi connectivity index (χ2v) is 10.5. The van der Waals surface area contributed by atoms with Gasteiger partial charge in [0, 0.05) is 18.2 Å². The minimum Gasteiger partial charge on any atom is -0.444 e. The van der Waals surface area contributed by atoms with Crippen molar-refractivity contribution in [3.63, 3.8) is 0 Å². The zero-order chi connectivity index (χ0) is 27.3. The molecule has 0 radical (unpaired) electrons. The lowest BCUT2D eigenvalue weighted by atomic mass is 9.97. The number of nitrogens with zero attached hydrogens (tertiary/aromatic N) is 1. The number of ether oxygens (including phenoxy) is 1. The summed E-state index contributed by atoms with van der Waals surface area (Å²) in [5, 5.41) is 5.57. The van der Waals surface area contributed by atoms with Crippen molar-refractivity contribution in [2.45, 2.75) is 111 Å². The molecule has 1 rings (SSSR count). The molecule has 2 unspecified atom stereocenters. The van der Waals surface area contributed by atoms with E-state index in [1.54, 1.807) is 44.7 Å². The van der Waals surface area contributed by atoms with Gasteiger partial charge < -0.3 is 20.3 Å². The minimum atomic E-state index is -0.925. The van der Waals surface area contributed by atoms with E-state index in [1.807, 2.05) is 26.0 Å². The third kappa shape index (κ3) is 10.7. The van der Waals surface area contributed by atoms with Crippen LogP contribution in [0.5, 0.6) is 0 Å². The van der Waals surface area contributed by atoms with Gasteiger partial charge in [-0.2, -0.15) is 0 Å². The highest BCUT2D eigenvalue weighted by atomic mass is 16.6. The maximum atomic E-state index is 13.7. The fraction of sp³-hybridized carbons (Fsp3) is 0.621. The predicted molar refractivity (Wildman–Crippen MR) is 144 cm³/mol. The second kappa shape index (κ2) is 15.2. The molecule has 0 aromatic heterocycles. The number of terminal acetylenes is 1. The van der Waals surface area contributed by atoms with Gasteiger partial charge in [-0.15, -0.1) is 6.42 Å². The number of unbranched alkanes of at least 4 members (excludes halogenated alkanes) is 5. The first-order valence-electron chi connectivity index (χ1n) is 13.1. The monoisotopic (exact) mass is 499 g/mol. The highest BCUT2D eigenvalue weighted by Crippen LogP contribution is 2.26. The molecule has 0 bridgehead atoms. The highest BCUT2D eigenvalue weighted by Gasteiger charge is 2.35. The Morgan fingerprint density at radius 1 is 1.00 bits per heavy atom. The van der Waals surface area contributed by atoms with Gasteiger partial charge in [0.2, 0.25) is 11.8 Å². The first-order valence-corrected chi connectivity index (χ1v) is 13.1. The highest BCUT2D eigenvalue weighted by molar-refractivity contribution is 5.92. The summed E-state index contributed by atoms with van der Waals surface area (Å²) in [4.78, 5) is 41.1. The molecule has 36 heavy (non-hydrogen) atoms. The van der Waals surface area contributed by atoms with Gasteiger partial charge in [-0.3, -0.25) is 9.59 Å². The van der Waals surface area contributed by atoms with Gasteiger partial charge in [0.15, 0.2) is 0 Å². The Morgan fingerprint density at radius 3 is 2.19 bits per heavy atom. The molecule has 2 atom stereocenters. The lowest BCUT2D eigenvalue weighted by Crippen LogP contribution is -2.52. The number of hydrogen-bond donors (Lipinski definition) is 2. The summed E-state index contributed by atoms with van der Waals surface area (Å²) in [7, 11) is 0. The quantitative estimate of drug-likeness (QED) is 0.283. The van der Waals surface area contributed by atoms with Gasteiger partial charge in [-0.1, -0.05) is 63.1 Å². The fourth-order valence-electron chi connectivity index (χ4n) is 3.90. The van der Waals surface area contributed by atoms with Crippen LogP contribution in [0.15, 0.2) is 24.3 Å². The average molecular weight is 500 g/mol. The Balaban J connectivity index is 3.32. The Kier molecular flexibility index (Phi) is 13.1. The van der Waals surface area contributed by atoms with E-state index in [-0.39, 0.29) is 17.9 Å². The van der Waals surface area contributed by atoms with Crippen LogP contribution in [0.3, 0.4) is 0 Å². The van der Waals surface area contributed by atoms with Crippen LogP contribution in [-0.2, 0) is 14.3 Å². The van der Waals surface area contributed by atoms with Crippen molar-refractivity contribution in [1.82, 2.24) is 15.5 Å². The number of carbonyl (C=O) groups excluding carboxylic acids is 3. The summed E-state index contributed by atoms with van der Waals surface area (Å²) >= 11 is 0. The first-order chi connectivity index (χ1) is 16.9. The zero-order valence-corrected chi connectivity index (χ0v) is 23.1. The van der Waals surface area contributed by atoms with Crippen molar-refractivity contribution >= 4 is 17.9 Å². The van der Waals surface area contributed by atoms with Crippen molar-refractivity contribution in [1.29, 1.82) is 0 Å². The molecule has 200 valence electrons. The average Bonchev–Trinajstić information content (AvgIpc) is 2.78. The van der Waals surface area contributed by atoms with E-state index in [0.717, 1.165) is 32.1 Å². The molecule has 7 nitrogen and oxygen atoms in total. The SMILES string of the molecule is C#Cc1ccccc1C(C(=O)NC(C)C)N(CCCCCCCC)C(=O)C(C)NC(=O)OC(C)(C)C. The number of amides is 3. The molecule has 0 aliphatic carbocycles. The van der Waals surface area contributed by atoms with Crippen molar-refractivity contribution in [2.24, 2.45) is 0 Å². The molecule has 0 fully saturated rings. The van der Waals surface area contributed by atoms with Crippen LogP contribution in [0.25, 0.3) is 0 Å². The summed E-state index contributed by atoms with van der Waals surface area (Å²) in [6.07, 6.45) is 11.3. The number of alkyl carbamates (subject to hydrolysis) is 1. The Bertz CT molecular complexity index is 899. The van der Waals surface area contributed by atoms with Crippen LogP contribution in [0.2, 0.25) is 0 Å². The molecule has 0 spiro atoms. The van der Waals surface area contributed by atoms with E-state index < -0.39 is 23.8 Å². The third-order valence-corrected chi connectivity index (χ3v) is 5.54. The maximum absolute atomic E-state index is 13.7. The lowest BCUT2D eigenvalue weighted by Gasteiger charge is -2.34. The van der Waals surface area contributed by atoms with Gasteiger partial charge in [0.1, 0.15) is 17.7 Å². The van der Waals surface area contributed by atoms with Crippen LogP contribution < -0.4 is 10.6 Å². The minimum absolute atomic E-state index is 0.124. The van der Waals surface area contributed by atoms with Gasteiger partial charge >= 0.3 is 6.09 Å². The summed E-state index contributed by atoms with van der Waals surface area (Å²) in [6.45, 7) is 13.1. The van der Waals surface area contributed by atoms with Gasteiger partial charge in [-0.25, -0.2) is 4.79 Å². The first kappa shape index (κ1) is 31.0. The third-order valence-electron chi connectivity index (χ3n) is 5.54. The largest absolute Gasteiger partial charge is 0.444 e. The van der Waals surface area contributed by atoms with Crippen molar-refractivity contribution < 1.29 is 19.1 Å². The molecular formula is C29H45N3O4. The maximum Gasteiger partial charge on any atom is 0.408 e. The van der Waals surface area contributed by atoms with Crippen LogP contribution in [0.1, 0.15) is 104 Å². The number of benzene rings is 1. The summed E-state index contributed by atoms with van der Waals surface area (Å²) in [5.74, 6) is 1.97. The molecule has 1 aromatic carbocycles. The predicted octanol–water partition coefficient (Wildman–Crippen LogP) is 5.34. The van der Waals surface area contributed by atoms with Gasteiger partial charge in [0.25, 0.3) is 0 Å². The normalized spacial score (nSPS) is 12.9. The van der Waals surface area contributed by atoms with Crippen molar-refractivity contribution in [3.05, 3.63) is 35.4 Å². The smallest absolute Gasteiger partial charge is 0.408 e. The Morgan fingerprint density at radius 2 is 1.61 bits per heavy atom. The molecule has 0 aliphatic heterocycles.